The Kier molecular flexibility index (Phi) is 9.12. The minimum absolute atomic E-state index is 0.148. The second-order valence-electron chi connectivity index (χ2n) is 8.49. The molecule has 0 fully saturated rings. The molecule has 0 saturated carbocycles. The fourth-order valence-corrected chi connectivity index (χ4v) is 4.80. The standard InChI is InChI=1S/C24H27F3N4O6S/c1-29(15-17-6-8-18(9-7-17)22-28-10-11-31(22)23(33)34)21(32)16-37-13-12-30(2)38(35,36)20-5-3-4-19(14-20)24(25,26)27/h3-9,14H,10-13,15-16H2,1-2H3,(H,33,34). The number of rotatable bonds is 10. The largest absolute Gasteiger partial charge is 0.465 e. The molecule has 0 atom stereocenters. The maximum absolute atomic E-state index is 12.9. The average Bonchev–Trinajstić information content (AvgIpc) is 3.37. The lowest BCUT2D eigenvalue weighted by Crippen LogP contribution is -2.33. The van der Waals surface area contributed by atoms with Gasteiger partial charge in [0.1, 0.15) is 12.4 Å². The number of carbonyl (C=O) groups is 2. The molecular formula is C24H27F3N4O6S. The first-order valence-corrected chi connectivity index (χ1v) is 12.8. The summed E-state index contributed by atoms with van der Waals surface area (Å²) in [6, 6.07) is 10.4. The van der Waals surface area contributed by atoms with Crippen molar-refractivity contribution >= 4 is 27.9 Å². The lowest BCUT2D eigenvalue weighted by molar-refractivity contribution is -0.137. The number of hydrogen-bond acceptors (Lipinski definition) is 6. The van der Waals surface area contributed by atoms with E-state index in [-0.39, 0.29) is 32.2 Å². The smallest absolute Gasteiger partial charge is 0.416 e. The molecule has 2 aromatic carbocycles. The molecule has 14 heteroatoms. The number of benzene rings is 2. The molecule has 38 heavy (non-hydrogen) atoms. The number of aliphatic imine (C=N–C) groups is 1. The average molecular weight is 557 g/mol. The van der Waals surface area contributed by atoms with Gasteiger partial charge in [0.15, 0.2) is 0 Å². The number of ether oxygens (including phenoxy) is 1. The molecular weight excluding hydrogens is 529 g/mol. The predicted molar refractivity (Wildman–Crippen MR) is 131 cm³/mol. The summed E-state index contributed by atoms with van der Waals surface area (Å²) in [6.45, 7) is 0.307. The Labute approximate surface area is 218 Å². The van der Waals surface area contributed by atoms with Crippen LogP contribution in [-0.2, 0) is 32.3 Å². The van der Waals surface area contributed by atoms with Crippen LogP contribution in [0.3, 0.4) is 0 Å². The summed E-state index contributed by atoms with van der Waals surface area (Å²) in [7, 11) is -1.41. The molecule has 0 unspecified atom stereocenters. The van der Waals surface area contributed by atoms with Crippen LogP contribution in [0, 0.1) is 0 Å². The zero-order valence-electron chi connectivity index (χ0n) is 20.7. The summed E-state index contributed by atoms with van der Waals surface area (Å²) in [5.41, 5.74) is 0.369. The molecule has 3 rings (SSSR count). The number of alkyl halides is 3. The van der Waals surface area contributed by atoms with E-state index in [4.69, 9.17) is 4.74 Å². The van der Waals surface area contributed by atoms with Gasteiger partial charge in [-0.15, -0.1) is 0 Å². The highest BCUT2D eigenvalue weighted by Crippen LogP contribution is 2.31. The summed E-state index contributed by atoms with van der Waals surface area (Å²) in [6.07, 6.45) is -5.75. The zero-order chi connectivity index (χ0) is 28.1. The number of amidine groups is 1. The number of sulfonamides is 1. The lowest BCUT2D eigenvalue weighted by Gasteiger charge is -2.20. The van der Waals surface area contributed by atoms with Crippen LogP contribution in [-0.4, -0.2) is 92.4 Å². The monoisotopic (exact) mass is 556 g/mol. The van der Waals surface area contributed by atoms with Gasteiger partial charge in [0.25, 0.3) is 0 Å². The minimum Gasteiger partial charge on any atom is -0.465 e. The van der Waals surface area contributed by atoms with E-state index in [1.165, 1.54) is 16.8 Å². The van der Waals surface area contributed by atoms with Crippen molar-refractivity contribution in [1.29, 1.82) is 0 Å². The number of nitrogens with zero attached hydrogens (tertiary/aromatic N) is 4. The molecule has 1 aliphatic heterocycles. The van der Waals surface area contributed by atoms with E-state index < -0.39 is 32.8 Å². The van der Waals surface area contributed by atoms with Crippen LogP contribution in [0.25, 0.3) is 0 Å². The van der Waals surface area contributed by atoms with Crippen molar-refractivity contribution in [3.05, 3.63) is 65.2 Å². The van der Waals surface area contributed by atoms with Gasteiger partial charge in [-0.25, -0.2) is 13.2 Å². The highest BCUT2D eigenvalue weighted by Gasteiger charge is 2.32. The van der Waals surface area contributed by atoms with Crippen molar-refractivity contribution in [2.24, 2.45) is 4.99 Å². The number of hydrogen-bond donors (Lipinski definition) is 1. The Hall–Kier alpha value is -3.49. The third kappa shape index (κ3) is 7.08. The van der Waals surface area contributed by atoms with Crippen molar-refractivity contribution in [2.45, 2.75) is 17.6 Å². The van der Waals surface area contributed by atoms with Gasteiger partial charge in [-0.2, -0.15) is 17.5 Å². The quantitative estimate of drug-likeness (QED) is 0.450. The molecule has 2 amide bonds. The zero-order valence-corrected chi connectivity index (χ0v) is 21.5. The van der Waals surface area contributed by atoms with Crippen LogP contribution >= 0.6 is 0 Å². The van der Waals surface area contributed by atoms with E-state index in [9.17, 15) is 36.3 Å². The van der Waals surface area contributed by atoms with Gasteiger partial charge < -0.3 is 14.7 Å². The van der Waals surface area contributed by atoms with Gasteiger partial charge in [0.2, 0.25) is 15.9 Å². The van der Waals surface area contributed by atoms with Crippen LogP contribution in [0.2, 0.25) is 0 Å². The van der Waals surface area contributed by atoms with E-state index in [2.05, 4.69) is 4.99 Å². The van der Waals surface area contributed by atoms with Crippen molar-refractivity contribution in [3.8, 4) is 0 Å². The Morgan fingerprint density at radius 1 is 1.13 bits per heavy atom. The van der Waals surface area contributed by atoms with E-state index in [0.717, 1.165) is 28.1 Å². The van der Waals surface area contributed by atoms with E-state index in [1.807, 2.05) is 0 Å². The van der Waals surface area contributed by atoms with Gasteiger partial charge in [0.05, 0.1) is 30.2 Å². The van der Waals surface area contributed by atoms with Crippen LogP contribution in [0.5, 0.6) is 0 Å². The summed E-state index contributed by atoms with van der Waals surface area (Å²) in [4.78, 5) is 30.0. The number of carbonyl (C=O) groups excluding carboxylic acids is 1. The van der Waals surface area contributed by atoms with Gasteiger partial charge >= 0.3 is 12.3 Å². The van der Waals surface area contributed by atoms with Gasteiger partial charge in [-0.05, 0) is 23.8 Å². The molecule has 0 radical (unpaired) electrons. The number of halogens is 3. The van der Waals surface area contributed by atoms with Crippen molar-refractivity contribution < 1.29 is 41.0 Å². The second-order valence-corrected chi connectivity index (χ2v) is 10.5. The molecule has 0 saturated heterocycles. The number of likely N-dealkylation sites (N-methyl/N-ethyl adjacent to an activating group) is 2. The topological polar surface area (TPSA) is 120 Å². The second kappa shape index (κ2) is 11.9. The molecule has 1 aliphatic rings. The highest BCUT2D eigenvalue weighted by atomic mass is 32.2. The Balaban J connectivity index is 1.47. The lowest BCUT2D eigenvalue weighted by atomic mass is 10.1. The van der Waals surface area contributed by atoms with E-state index >= 15 is 0 Å². The van der Waals surface area contributed by atoms with E-state index in [0.29, 0.717) is 30.6 Å². The van der Waals surface area contributed by atoms with Crippen molar-refractivity contribution in [2.75, 3.05) is 46.9 Å². The van der Waals surface area contributed by atoms with Crippen molar-refractivity contribution in [3.63, 3.8) is 0 Å². The fourth-order valence-electron chi connectivity index (χ4n) is 3.60. The van der Waals surface area contributed by atoms with E-state index in [1.54, 1.807) is 31.3 Å². The van der Waals surface area contributed by atoms with Crippen LogP contribution < -0.4 is 0 Å². The van der Waals surface area contributed by atoms with Gasteiger partial charge in [-0.3, -0.25) is 14.7 Å². The third-order valence-electron chi connectivity index (χ3n) is 5.77. The Morgan fingerprint density at radius 3 is 2.45 bits per heavy atom. The molecule has 206 valence electrons. The van der Waals surface area contributed by atoms with Gasteiger partial charge in [0, 0.05) is 32.7 Å². The first-order valence-electron chi connectivity index (χ1n) is 11.4. The maximum atomic E-state index is 12.9. The minimum atomic E-state index is -4.67. The number of amides is 2. The molecule has 2 aromatic rings. The molecule has 0 aromatic heterocycles. The normalized spacial score (nSPS) is 14.1. The van der Waals surface area contributed by atoms with Gasteiger partial charge in [-0.1, -0.05) is 30.3 Å². The number of carboxylic acid groups (broad SMARTS) is 1. The SMILES string of the molecule is CN(Cc1ccc(C2=NCCN2C(=O)O)cc1)C(=O)COCCN(C)S(=O)(=O)c1cccc(C(F)(F)F)c1. The first kappa shape index (κ1) is 29.1. The first-order chi connectivity index (χ1) is 17.8. The molecule has 1 N–H and O–H groups in total. The molecule has 1 heterocycles. The van der Waals surface area contributed by atoms with Crippen LogP contribution in [0.1, 0.15) is 16.7 Å². The summed E-state index contributed by atoms with van der Waals surface area (Å²) in [5.74, 6) is 0.0107. The molecule has 0 spiro atoms. The molecule has 10 nitrogen and oxygen atoms in total. The summed E-state index contributed by atoms with van der Waals surface area (Å²) < 4.78 is 70.1. The Morgan fingerprint density at radius 2 is 1.82 bits per heavy atom. The highest BCUT2D eigenvalue weighted by molar-refractivity contribution is 7.89. The third-order valence-corrected chi connectivity index (χ3v) is 7.63. The Bertz CT molecular complexity index is 1300. The summed E-state index contributed by atoms with van der Waals surface area (Å²) >= 11 is 0. The molecule has 0 aliphatic carbocycles. The van der Waals surface area contributed by atoms with Crippen LogP contribution in [0.4, 0.5) is 18.0 Å². The maximum Gasteiger partial charge on any atom is 0.416 e. The molecule has 0 bridgehead atoms. The predicted octanol–water partition coefficient (Wildman–Crippen LogP) is 2.74. The van der Waals surface area contributed by atoms with Crippen molar-refractivity contribution in [1.82, 2.24) is 14.1 Å². The fraction of sp³-hybridized carbons (Fsp3) is 0.375. The van der Waals surface area contributed by atoms with Crippen LogP contribution in [0.15, 0.2) is 58.4 Å². The summed E-state index contributed by atoms with van der Waals surface area (Å²) in [5, 5.41) is 9.25.